The highest BCUT2D eigenvalue weighted by atomic mass is 35.8. The van der Waals surface area contributed by atoms with Crippen molar-refractivity contribution in [2.24, 2.45) is 0 Å². The molecule has 0 unspecified atom stereocenters. The lowest BCUT2D eigenvalue weighted by atomic mass is 10.1. The van der Waals surface area contributed by atoms with E-state index in [-0.39, 0.29) is 8.80 Å². The smallest absolute Gasteiger partial charge is 0.126 e. The highest BCUT2D eigenvalue weighted by Gasteiger charge is 2.23. The van der Waals surface area contributed by atoms with Crippen molar-refractivity contribution in [3.63, 3.8) is 0 Å². The number of rotatable bonds is 18. The number of unbranched alkanes of at least 4 members (excludes halogenated alkanes) is 12. The van der Waals surface area contributed by atoms with Crippen molar-refractivity contribution in [1.82, 2.24) is 0 Å². The number of allylic oxidation sites excluding steroid dienone is 2. The van der Waals surface area contributed by atoms with E-state index in [0.717, 1.165) is 12.5 Å². The Morgan fingerprint density at radius 1 is 0.600 bits per heavy atom. The first-order valence-corrected chi connectivity index (χ1v) is 19.0. The molecule has 0 saturated carbocycles. The summed E-state index contributed by atoms with van der Waals surface area (Å²) in [5.74, 6) is 0. The van der Waals surface area contributed by atoms with Gasteiger partial charge in [0, 0.05) is 8.80 Å². The molecule has 0 aliphatic carbocycles. The summed E-state index contributed by atoms with van der Waals surface area (Å²) in [6.07, 6.45) is 23.6. The first-order chi connectivity index (χ1) is 11.9. The first kappa shape index (κ1) is 26.0. The molecule has 150 valence electrons. The molecule has 0 bridgehead atoms. The van der Waals surface area contributed by atoms with Crippen LogP contribution in [0.3, 0.4) is 0 Å². The van der Waals surface area contributed by atoms with Crippen LogP contribution in [0.1, 0.15) is 89.9 Å². The van der Waals surface area contributed by atoms with Gasteiger partial charge in [-0.15, -0.1) is 33.2 Å². The minimum Gasteiger partial charge on any atom is -0.126 e. The maximum absolute atomic E-state index is 5.88. The van der Waals surface area contributed by atoms with Crippen LogP contribution < -0.4 is 0 Å². The SMILES string of the molecule is C[SiH](C)CCC/C=C/CCCCCCCCCCCCC[Si](Cl)(Cl)Cl. The van der Waals surface area contributed by atoms with Crippen molar-refractivity contribution < 1.29 is 0 Å². The quantitative estimate of drug-likeness (QED) is 0.0856. The Morgan fingerprint density at radius 3 is 1.44 bits per heavy atom. The van der Waals surface area contributed by atoms with Crippen LogP contribution in [-0.2, 0) is 0 Å². The van der Waals surface area contributed by atoms with E-state index in [4.69, 9.17) is 33.2 Å². The van der Waals surface area contributed by atoms with E-state index in [1.807, 2.05) is 0 Å². The van der Waals surface area contributed by atoms with Crippen LogP contribution in [0.25, 0.3) is 0 Å². The van der Waals surface area contributed by atoms with E-state index in [9.17, 15) is 0 Å². The van der Waals surface area contributed by atoms with E-state index < -0.39 is 6.00 Å². The van der Waals surface area contributed by atoms with Crippen LogP contribution in [0, 0.1) is 0 Å². The zero-order valence-electron chi connectivity index (χ0n) is 16.7. The average Bonchev–Trinajstić information content (AvgIpc) is 2.52. The van der Waals surface area contributed by atoms with Crippen LogP contribution in [-0.4, -0.2) is 14.8 Å². The minimum absolute atomic E-state index is 0.318. The molecule has 5 heteroatoms. The van der Waals surface area contributed by atoms with Gasteiger partial charge in [0.25, 0.3) is 0 Å². The zero-order chi connectivity index (χ0) is 18.8. The third-order valence-electron chi connectivity index (χ3n) is 4.65. The van der Waals surface area contributed by atoms with Gasteiger partial charge in [0.1, 0.15) is 0 Å². The summed E-state index contributed by atoms with van der Waals surface area (Å²) >= 11 is 17.6. The Balaban J connectivity index is 3.11. The van der Waals surface area contributed by atoms with Gasteiger partial charge in [-0.2, -0.15) is 0 Å². The molecule has 0 fully saturated rings. The molecule has 0 aromatic carbocycles. The van der Waals surface area contributed by atoms with Crippen molar-refractivity contribution in [2.75, 3.05) is 0 Å². The number of hydrogen-bond acceptors (Lipinski definition) is 0. The molecule has 0 heterocycles. The molecule has 0 radical (unpaired) electrons. The predicted octanol–water partition coefficient (Wildman–Crippen LogP) is 9.15. The highest BCUT2D eigenvalue weighted by molar-refractivity contribution is 7.64. The lowest BCUT2D eigenvalue weighted by Crippen LogP contribution is -2.07. The van der Waals surface area contributed by atoms with Crippen LogP contribution in [0.15, 0.2) is 12.2 Å². The number of hydrogen-bond donors (Lipinski definition) is 0. The van der Waals surface area contributed by atoms with Gasteiger partial charge in [-0.25, -0.2) is 0 Å². The Kier molecular flexibility index (Phi) is 19.2. The first-order valence-electron chi connectivity index (χ1n) is 10.6. The van der Waals surface area contributed by atoms with Gasteiger partial charge >= 0.3 is 6.00 Å². The van der Waals surface area contributed by atoms with Crippen molar-refractivity contribution in [1.29, 1.82) is 0 Å². The fourth-order valence-corrected chi connectivity index (χ4v) is 5.96. The van der Waals surface area contributed by atoms with Crippen molar-refractivity contribution in [2.45, 2.75) is 115 Å². The van der Waals surface area contributed by atoms with Gasteiger partial charge in [-0.3, -0.25) is 0 Å². The Morgan fingerprint density at radius 2 is 1.00 bits per heavy atom. The van der Waals surface area contributed by atoms with Gasteiger partial charge in [-0.05, 0) is 25.3 Å². The van der Waals surface area contributed by atoms with Gasteiger partial charge in [0.2, 0.25) is 0 Å². The highest BCUT2D eigenvalue weighted by Crippen LogP contribution is 2.27. The third-order valence-corrected chi connectivity index (χ3v) is 8.83. The fraction of sp³-hybridized carbons (Fsp3) is 0.900. The normalized spacial score (nSPS) is 12.6. The molecule has 0 N–H and O–H groups in total. The molecule has 0 nitrogen and oxygen atoms in total. The lowest BCUT2D eigenvalue weighted by Gasteiger charge is -2.06. The molecule has 0 spiro atoms. The van der Waals surface area contributed by atoms with Crippen molar-refractivity contribution in [3.8, 4) is 0 Å². The molecule has 0 aliphatic heterocycles. The predicted molar refractivity (Wildman–Crippen MR) is 126 cm³/mol. The number of halogens is 3. The van der Waals surface area contributed by atoms with Crippen LogP contribution >= 0.6 is 33.2 Å². The van der Waals surface area contributed by atoms with Crippen molar-refractivity contribution in [3.05, 3.63) is 12.2 Å². The van der Waals surface area contributed by atoms with Crippen LogP contribution in [0.5, 0.6) is 0 Å². The second-order valence-electron chi connectivity index (χ2n) is 7.84. The fourth-order valence-electron chi connectivity index (χ4n) is 3.06. The van der Waals surface area contributed by atoms with E-state index in [1.54, 1.807) is 0 Å². The Hall–Kier alpha value is 1.04. The van der Waals surface area contributed by atoms with Gasteiger partial charge in [-0.1, -0.05) is 102 Å². The molecule has 0 aromatic heterocycles. The van der Waals surface area contributed by atoms with Crippen LogP contribution in [0.4, 0.5) is 0 Å². The van der Waals surface area contributed by atoms with E-state index in [0.29, 0.717) is 0 Å². The summed E-state index contributed by atoms with van der Waals surface area (Å²) in [6, 6.07) is -0.0300. The monoisotopic (exact) mass is 442 g/mol. The third kappa shape index (κ3) is 25.0. The molecule has 0 saturated heterocycles. The zero-order valence-corrected chi connectivity index (χ0v) is 21.1. The molecule has 0 atom stereocenters. The summed E-state index contributed by atoms with van der Waals surface area (Å²) in [6.45, 7) is 4.89. The standard InChI is InChI=1S/C20H41Cl3Si2/c1-24(2)19-17-15-13-11-9-7-5-3-4-6-8-10-12-14-16-18-20-25(21,22)23/h11,13,24H,3-10,12,14-20H2,1-2H3/b13-11+. The molecular weight excluding hydrogens is 403 g/mol. The summed E-state index contributed by atoms with van der Waals surface area (Å²) in [4.78, 5) is 0. The molecule has 0 aliphatic rings. The Labute approximate surface area is 174 Å². The second-order valence-corrected chi connectivity index (χ2v) is 20.5. The van der Waals surface area contributed by atoms with E-state index in [2.05, 4.69) is 25.2 Å². The van der Waals surface area contributed by atoms with Gasteiger partial charge in [0.05, 0.1) is 0 Å². The molecule has 25 heavy (non-hydrogen) atoms. The summed E-state index contributed by atoms with van der Waals surface area (Å²) in [5.41, 5.74) is 0. The maximum atomic E-state index is 5.88. The average molecular weight is 444 g/mol. The largest absolute Gasteiger partial charge is 0.341 e. The molecule has 0 aromatic rings. The van der Waals surface area contributed by atoms with E-state index in [1.165, 1.54) is 89.5 Å². The topological polar surface area (TPSA) is 0 Å². The van der Waals surface area contributed by atoms with Gasteiger partial charge < -0.3 is 0 Å². The van der Waals surface area contributed by atoms with Crippen molar-refractivity contribution >= 4 is 48.0 Å². The lowest BCUT2D eigenvalue weighted by molar-refractivity contribution is 0.550. The second kappa shape index (κ2) is 18.4. The summed E-state index contributed by atoms with van der Waals surface area (Å²) in [5, 5.41) is 0. The molecule has 0 rings (SSSR count). The van der Waals surface area contributed by atoms with Gasteiger partial charge in [0.15, 0.2) is 0 Å². The Bertz CT molecular complexity index is 302. The molecule has 0 amide bonds. The van der Waals surface area contributed by atoms with Crippen LogP contribution in [0.2, 0.25) is 25.2 Å². The maximum Gasteiger partial charge on any atom is 0.341 e. The minimum atomic E-state index is -2.36. The molecular formula is C20H41Cl3Si2. The van der Waals surface area contributed by atoms with E-state index >= 15 is 0 Å². The summed E-state index contributed by atoms with van der Waals surface area (Å²) < 4.78 is 0. The summed E-state index contributed by atoms with van der Waals surface area (Å²) in [7, 11) is -0.318.